The quantitative estimate of drug-likeness (QED) is 0.514. The predicted octanol–water partition coefficient (Wildman–Crippen LogP) is 6.03. The molecule has 2 amide bonds. The third-order valence-corrected chi connectivity index (χ3v) is 5.47. The van der Waals surface area contributed by atoms with Gasteiger partial charge in [0.05, 0.1) is 11.3 Å². The number of carbonyl (C=O) groups excluding carboxylic acids is 2. The molecule has 0 spiro atoms. The van der Waals surface area contributed by atoms with Gasteiger partial charge in [0, 0.05) is 10.7 Å². The number of imide groups is 1. The summed E-state index contributed by atoms with van der Waals surface area (Å²) in [4.78, 5) is 27.9. The van der Waals surface area contributed by atoms with Gasteiger partial charge in [-0.3, -0.25) is 9.59 Å². The molecule has 31 heavy (non-hydrogen) atoms. The van der Waals surface area contributed by atoms with Gasteiger partial charge in [0.25, 0.3) is 11.8 Å². The van der Waals surface area contributed by atoms with Crippen LogP contribution < -0.4 is 10.2 Å². The van der Waals surface area contributed by atoms with Crippen molar-refractivity contribution in [2.75, 3.05) is 10.2 Å². The summed E-state index contributed by atoms with van der Waals surface area (Å²) < 4.78 is 0. The number of hydrogen-bond acceptors (Lipinski definition) is 3. The zero-order valence-electron chi connectivity index (χ0n) is 17.6. The van der Waals surface area contributed by atoms with Gasteiger partial charge >= 0.3 is 0 Å². The molecule has 0 unspecified atom stereocenters. The van der Waals surface area contributed by atoms with Crippen molar-refractivity contribution in [3.63, 3.8) is 0 Å². The lowest BCUT2D eigenvalue weighted by atomic mass is 9.87. The Labute approximate surface area is 187 Å². The second-order valence-electron chi connectivity index (χ2n) is 8.49. The molecule has 1 aliphatic rings. The average molecular weight is 431 g/mol. The van der Waals surface area contributed by atoms with E-state index in [-0.39, 0.29) is 17.0 Å². The Hall–Kier alpha value is -3.37. The third kappa shape index (κ3) is 4.12. The summed E-state index contributed by atoms with van der Waals surface area (Å²) in [5.74, 6) is -0.793. The van der Waals surface area contributed by atoms with Crippen molar-refractivity contribution in [3.8, 4) is 0 Å². The molecule has 4 rings (SSSR count). The number of hydrogen-bond donors (Lipinski definition) is 1. The van der Waals surface area contributed by atoms with E-state index >= 15 is 0 Å². The zero-order valence-corrected chi connectivity index (χ0v) is 18.4. The van der Waals surface area contributed by atoms with Crippen molar-refractivity contribution in [1.29, 1.82) is 0 Å². The van der Waals surface area contributed by atoms with Gasteiger partial charge in [-0.25, -0.2) is 4.90 Å². The summed E-state index contributed by atoms with van der Waals surface area (Å²) in [5, 5.41) is 3.65. The first kappa shape index (κ1) is 20.9. The fourth-order valence-electron chi connectivity index (χ4n) is 3.57. The highest BCUT2D eigenvalue weighted by Gasteiger charge is 2.40. The smallest absolute Gasteiger partial charge is 0.282 e. The monoisotopic (exact) mass is 430 g/mol. The normalized spacial score (nSPS) is 14.4. The Morgan fingerprint density at radius 1 is 0.806 bits per heavy atom. The maximum absolute atomic E-state index is 13.4. The largest absolute Gasteiger partial charge is 0.350 e. The second kappa shape index (κ2) is 8.05. The molecular formula is C26H23ClN2O2. The summed E-state index contributed by atoms with van der Waals surface area (Å²) >= 11 is 6.11. The molecule has 0 radical (unpaired) electrons. The Bertz CT molecular complexity index is 1180. The predicted molar refractivity (Wildman–Crippen MR) is 126 cm³/mol. The van der Waals surface area contributed by atoms with E-state index in [2.05, 4.69) is 26.1 Å². The molecule has 1 aliphatic heterocycles. The highest BCUT2D eigenvalue weighted by molar-refractivity contribution is 6.46. The molecule has 0 atom stereocenters. The Balaban J connectivity index is 1.77. The number of carbonyl (C=O) groups is 2. The first-order valence-electron chi connectivity index (χ1n) is 10.1. The van der Waals surface area contributed by atoms with Crippen LogP contribution in [0, 0.1) is 0 Å². The summed E-state index contributed by atoms with van der Waals surface area (Å²) in [6, 6.07) is 23.9. The molecule has 5 heteroatoms. The Morgan fingerprint density at radius 2 is 1.48 bits per heavy atom. The lowest BCUT2D eigenvalue weighted by Gasteiger charge is -2.19. The fourth-order valence-corrected chi connectivity index (χ4v) is 3.75. The van der Waals surface area contributed by atoms with E-state index in [1.807, 2.05) is 54.6 Å². The van der Waals surface area contributed by atoms with Crippen molar-refractivity contribution in [2.45, 2.75) is 26.2 Å². The zero-order chi connectivity index (χ0) is 22.2. The first-order valence-corrected chi connectivity index (χ1v) is 10.4. The minimum absolute atomic E-state index is 0.0233. The SMILES string of the molecule is CC(C)(C)c1ccc(NC2=C(c3ccccc3)C(=O)N(c3cccc(Cl)c3)C2=O)cc1. The average Bonchev–Trinajstić information content (AvgIpc) is 2.98. The fraction of sp³-hybridized carbons (Fsp3) is 0.154. The number of halogens is 1. The first-order chi connectivity index (χ1) is 14.8. The van der Waals surface area contributed by atoms with Crippen LogP contribution in [0.1, 0.15) is 31.9 Å². The number of nitrogens with one attached hydrogen (secondary N) is 1. The molecule has 0 bridgehead atoms. The van der Waals surface area contributed by atoms with Crippen LogP contribution in [0.2, 0.25) is 5.02 Å². The third-order valence-electron chi connectivity index (χ3n) is 5.23. The van der Waals surface area contributed by atoms with Crippen LogP contribution >= 0.6 is 11.6 Å². The van der Waals surface area contributed by atoms with E-state index in [0.717, 1.165) is 5.69 Å². The van der Waals surface area contributed by atoms with Gasteiger partial charge in [0.15, 0.2) is 0 Å². The van der Waals surface area contributed by atoms with E-state index in [9.17, 15) is 9.59 Å². The van der Waals surface area contributed by atoms with Crippen LogP contribution in [0.15, 0.2) is 84.6 Å². The lowest BCUT2D eigenvalue weighted by molar-refractivity contribution is -0.120. The number of rotatable bonds is 4. The van der Waals surface area contributed by atoms with E-state index in [1.165, 1.54) is 10.5 Å². The molecule has 1 heterocycles. The van der Waals surface area contributed by atoms with Gasteiger partial charge in [-0.1, -0.05) is 80.9 Å². The number of nitrogens with zero attached hydrogens (tertiary/aromatic N) is 1. The molecule has 0 aromatic heterocycles. The topological polar surface area (TPSA) is 49.4 Å². The van der Waals surface area contributed by atoms with Crippen molar-refractivity contribution >= 4 is 40.4 Å². The van der Waals surface area contributed by atoms with E-state index < -0.39 is 5.91 Å². The molecule has 3 aromatic rings. The van der Waals surface area contributed by atoms with Crippen molar-refractivity contribution in [1.82, 2.24) is 0 Å². The van der Waals surface area contributed by atoms with Crippen molar-refractivity contribution < 1.29 is 9.59 Å². The molecular weight excluding hydrogens is 408 g/mol. The van der Waals surface area contributed by atoms with Crippen LogP contribution in [0.5, 0.6) is 0 Å². The maximum Gasteiger partial charge on any atom is 0.282 e. The van der Waals surface area contributed by atoms with Gasteiger partial charge in [0.2, 0.25) is 0 Å². The molecule has 1 N–H and O–H groups in total. The summed E-state index contributed by atoms with van der Waals surface area (Å²) in [6.07, 6.45) is 0. The van der Waals surface area contributed by atoms with Gasteiger partial charge in [-0.2, -0.15) is 0 Å². The highest BCUT2D eigenvalue weighted by atomic mass is 35.5. The Kier molecular flexibility index (Phi) is 5.42. The highest BCUT2D eigenvalue weighted by Crippen LogP contribution is 2.34. The molecule has 0 aliphatic carbocycles. The summed E-state index contributed by atoms with van der Waals surface area (Å²) in [5.41, 5.74) is 3.66. The van der Waals surface area contributed by atoms with Gasteiger partial charge < -0.3 is 5.32 Å². The van der Waals surface area contributed by atoms with Gasteiger partial charge in [0.1, 0.15) is 5.70 Å². The van der Waals surface area contributed by atoms with Crippen LogP contribution in [0.4, 0.5) is 11.4 Å². The van der Waals surface area contributed by atoms with Crippen molar-refractivity contribution in [3.05, 3.63) is 101 Å². The summed E-state index contributed by atoms with van der Waals surface area (Å²) in [6.45, 7) is 6.44. The van der Waals surface area contributed by atoms with E-state index in [1.54, 1.807) is 24.3 Å². The standard InChI is InChI=1S/C26H23ClN2O2/c1-26(2,3)18-12-14-20(15-13-18)28-23-22(17-8-5-4-6-9-17)24(30)29(25(23)31)21-11-7-10-19(27)16-21/h4-16,28H,1-3H3. The molecule has 156 valence electrons. The minimum Gasteiger partial charge on any atom is -0.350 e. The number of anilines is 2. The van der Waals surface area contributed by atoms with E-state index in [0.29, 0.717) is 21.8 Å². The Morgan fingerprint density at radius 3 is 2.10 bits per heavy atom. The summed E-state index contributed by atoms with van der Waals surface area (Å²) in [7, 11) is 0. The van der Waals surface area contributed by atoms with Gasteiger partial charge in [-0.05, 0) is 46.9 Å². The molecule has 0 saturated carbocycles. The van der Waals surface area contributed by atoms with Crippen LogP contribution in [0.3, 0.4) is 0 Å². The molecule has 0 saturated heterocycles. The van der Waals surface area contributed by atoms with Crippen molar-refractivity contribution in [2.24, 2.45) is 0 Å². The van der Waals surface area contributed by atoms with E-state index in [4.69, 9.17) is 11.6 Å². The van der Waals surface area contributed by atoms with Crippen LogP contribution in [-0.2, 0) is 15.0 Å². The second-order valence-corrected chi connectivity index (χ2v) is 8.93. The van der Waals surface area contributed by atoms with Crippen LogP contribution in [0.25, 0.3) is 5.57 Å². The maximum atomic E-state index is 13.4. The number of benzene rings is 3. The van der Waals surface area contributed by atoms with Crippen LogP contribution in [-0.4, -0.2) is 11.8 Å². The van der Waals surface area contributed by atoms with Gasteiger partial charge in [-0.15, -0.1) is 0 Å². The molecule has 3 aromatic carbocycles. The lowest BCUT2D eigenvalue weighted by Crippen LogP contribution is -2.32. The molecule has 4 nitrogen and oxygen atoms in total. The number of amides is 2. The molecule has 0 fully saturated rings. The minimum atomic E-state index is -0.411.